The number of amides is 1. The molecule has 3 N–H and O–H groups in total. The van der Waals surface area contributed by atoms with E-state index in [1.54, 1.807) is 13.3 Å². The lowest BCUT2D eigenvalue weighted by Crippen LogP contribution is -2.23. The first kappa shape index (κ1) is 25.8. The molecule has 4 heterocycles. The molecule has 1 saturated carbocycles. The van der Waals surface area contributed by atoms with Gasteiger partial charge in [-0.05, 0) is 60.4 Å². The number of hydrogen-bond acceptors (Lipinski definition) is 7. The van der Waals surface area contributed by atoms with Gasteiger partial charge < -0.3 is 20.7 Å². The molecule has 198 valence electrons. The van der Waals surface area contributed by atoms with Crippen molar-refractivity contribution in [3.05, 3.63) is 71.3 Å². The summed E-state index contributed by atoms with van der Waals surface area (Å²) in [5, 5.41) is 9.80. The van der Waals surface area contributed by atoms with Crippen LogP contribution >= 0.6 is 12.4 Å². The average Bonchev–Trinajstić information content (AvgIpc) is 3.44. The minimum atomic E-state index is -0.109. The molecule has 2 aliphatic rings. The van der Waals surface area contributed by atoms with Crippen LogP contribution in [0.2, 0.25) is 0 Å². The fourth-order valence-corrected chi connectivity index (χ4v) is 5.06. The van der Waals surface area contributed by atoms with Gasteiger partial charge in [-0.2, -0.15) is 5.10 Å². The van der Waals surface area contributed by atoms with Crippen LogP contribution in [0, 0.1) is 0 Å². The van der Waals surface area contributed by atoms with Gasteiger partial charge in [0.2, 0.25) is 0 Å². The lowest BCUT2D eigenvalue weighted by molar-refractivity contribution is 0.0950. The van der Waals surface area contributed by atoms with Crippen molar-refractivity contribution in [1.82, 2.24) is 25.1 Å². The summed E-state index contributed by atoms with van der Waals surface area (Å²) in [4.78, 5) is 24.3. The first-order valence-electron chi connectivity index (χ1n) is 12.9. The molecule has 1 aliphatic heterocycles. The molecule has 1 amide bonds. The van der Waals surface area contributed by atoms with Crippen LogP contribution in [0.15, 0.2) is 48.9 Å². The Bertz CT molecular complexity index is 1460. The maximum absolute atomic E-state index is 13.2. The Kier molecular flexibility index (Phi) is 7.37. The van der Waals surface area contributed by atoms with Crippen molar-refractivity contribution in [1.29, 1.82) is 0 Å². The average molecular weight is 534 g/mol. The van der Waals surface area contributed by atoms with Crippen molar-refractivity contribution in [2.75, 3.05) is 30.8 Å². The highest BCUT2D eigenvalue weighted by Crippen LogP contribution is 2.41. The summed E-state index contributed by atoms with van der Waals surface area (Å²) in [5.74, 6) is 2.43. The zero-order valence-electron chi connectivity index (χ0n) is 21.4. The quantitative estimate of drug-likeness (QED) is 0.347. The molecule has 3 aromatic heterocycles. The number of nitrogens with one attached hydrogen (secondary N) is 1. The van der Waals surface area contributed by atoms with Crippen LogP contribution in [0.4, 0.5) is 11.6 Å². The fourth-order valence-electron chi connectivity index (χ4n) is 5.06. The molecule has 38 heavy (non-hydrogen) atoms. The Morgan fingerprint density at radius 3 is 2.71 bits per heavy atom. The summed E-state index contributed by atoms with van der Waals surface area (Å²) in [6.07, 6.45) is 9.94. The van der Waals surface area contributed by atoms with Crippen molar-refractivity contribution in [2.45, 2.75) is 44.7 Å². The number of halogens is 1. The predicted octanol–water partition coefficient (Wildman–Crippen LogP) is 4.29. The van der Waals surface area contributed by atoms with Crippen molar-refractivity contribution in [3.63, 3.8) is 0 Å². The summed E-state index contributed by atoms with van der Waals surface area (Å²) in [6.45, 7) is 2.97. The van der Waals surface area contributed by atoms with Crippen molar-refractivity contribution in [2.24, 2.45) is 0 Å². The van der Waals surface area contributed by atoms with E-state index in [1.807, 2.05) is 47.4 Å². The number of pyridine rings is 2. The molecular formula is C28H32ClN7O2. The molecule has 2 fully saturated rings. The number of ether oxygens (including phenoxy) is 1. The van der Waals surface area contributed by atoms with Crippen molar-refractivity contribution < 1.29 is 9.53 Å². The van der Waals surface area contributed by atoms with E-state index < -0.39 is 0 Å². The van der Waals surface area contributed by atoms with Crippen LogP contribution in [0.3, 0.4) is 0 Å². The van der Waals surface area contributed by atoms with Crippen molar-refractivity contribution in [3.8, 4) is 5.75 Å². The number of methoxy groups -OCH3 is 1. The van der Waals surface area contributed by atoms with E-state index >= 15 is 0 Å². The third-order valence-electron chi connectivity index (χ3n) is 7.17. The number of anilines is 2. The fraction of sp³-hybridized carbons (Fsp3) is 0.357. The van der Waals surface area contributed by atoms with Gasteiger partial charge in [-0.3, -0.25) is 9.48 Å². The van der Waals surface area contributed by atoms with Gasteiger partial charge in [0.25, 0.3) is 5.91 Å². The zero-order chi connectivity index (χ0) is 25.4. The number of nitrogens with two attached hydrogens (primary N) is 1. The van der Waals surface area contributed by atoms with E-state index in [9.17, 15) is 4.79 Å². The number of carbonyl (C=O) groups excluding carboxylic acids is 1. The van der Waals surface area contributed by atoms with Crippen LogP contribution in [0.25, 0.3) is 10.8 Å². The molecule has 9 nitrogen and oxygen atoms in total. The first-order chi connectivity index (χ1) is 18.1. The monoisotopic (exact) mass is 533 g/mol. The van der Waals surface area contributed by atoms with E-state index in [2.05, 4.69) is 15.2 Å². The number of benzene rings is 1. The normalized spacial score (nSPS) is 14.9. The SMILES string of the molecule is COc1cc(Cn2cc(C(=O)NCc3ccc4c(N)nccc4c3)c(C3CC3)n2)cnc1N1CCCC1.Cl. The van der Waals surface area contributed by atoms with Crippen LogP contribution < -0.4 is 20.7 Å². The molecule has 0 spiro atoms. The molecule has 1 saturated heterocycles. The van der Waals surface area contributed by atoms with Gasteiger partial charge in [0.05, 0.1) is 24.9 Å². The highest BCUT2D eigenvalue weighted by Gasteiger charge is 2.31. The van der Waals surface area contributed by atoms with E-state index in [0.29, 0.717) is 30.4 Å². The number of nitrogens with zero attached hydrogens (tertiary/aromatic N) is 5. The minimum Gasteiger partial charge on any atom is -0.493 e. The molecule has 1 aromatic carbocycles. The third-order valence-corrected chi connectivity index (χ3v) is 7.17. The van der Waals surface area contributed by atoms with Crippen molar-refractivity contribution >= 4 is 40.7 Å². The molecule has 10 heteroatoms. The summed E-state index contributed by atoms with van der Waals surface area (Å²) < 4.78 is 7.50. The smallest absolute Gasteiger partial charge is 0.255 e. The number of rotatable bonds is 8. The largest absolute Gasteiger partial charge is 0.493 e. The molecule has 0 bridgehead atoms. The second-order valence-corrected chi connectivity index (χ2v) is 9.90. The van der Waals surface area contributed by atoms with E-state index in [4.69, 9.17) is 20.6 Å². The maximum atomic E-state index is 13.2. The first-order valence-corrected chi connectivity index (χ1v) is 12.9. The Morgan fingerprint density at radius 2 is 1.95 bits per heavy atom. The Hall–Kier alpha value is -3.85. The zero-order valence-corrected chi connectivity index (χ0v) is 22.2. The van der Waals surface area contributed by atoms with Crippen LogP contribution in [0.5, 0.6) is 5.75 Å². The highest BCUT2D eigenvalue weighted by atomic mass is 35.5. The van der Waals surface area contributed by atoms with Gasteiger partial charge in [-0.25, -0.2) is 9.97 Å². The standard InChI is InChI=1S/C28H31N7O2.ClH/c1-37-24-13-19(15-31-27(24)34-10-2-3-11-34)16-35-17-23(25(33-35)20-5-6-20)28(36)32-14-18-4-7-22-21(12-18)8-9-30-26(22)29;/h4,7-9,12-13,15,17,20H,2-3,5-6,10-11,14,16H2,1H3,(H2,29,30)(H,32,36);1H. The molecule has 0 unspecified atom stereocenters. The van der Waals surface area contributed by atoms with E-state index in [-0.39, 0.29) is 18.3 Å². The second kappa shape index (κ2) is 10.9. The number of carbonyl (C=O) groups is 1. The number of aromatic nitrogens is 4. The highest BCUT2D eigenvalue weighted by molar-refractivity contribution is 5.95. The summed E-state index contributed by atoms with van der Waals surface area (Å²) in [5.41, 5.74) is 9.47. The maximum Gasteiger partial charge on any atom is 0.255 e. The number of nitrogen functional groups attached to an aromatic ring is 1. The van der Waals surface area contributed by atoms with Gasteiger partial charge in [-0.15, -0.1) is 12.4 Å². The Morgan fingerprint density at radius 1 is 1.13 bits per heavy atom. The minimum absolute atomic E-state index is 0. The molecule has 0 radical (unpaired) electrons. The number of hydrogen-bond donors (Lipinski definition) is 2. The summed E-state index contributed by atoms with van der Waals surface area (Å²) in [6, 6.07) is 9.90. The van der Waals surface area contributed by atoms with E-state index in [1.165, 1.54) is 12.8 Å². The van der Waals surface area contributed by atoms with Gasteiger partial charge in [-0.1, -0.05) is 12.1 Å². The lowest BCUT2D eigenvalue weighted by Gasteiger charge is -2.19. The van der Waals surface area contributed by atoms with Gasteiger partial charge in [0.1, 0.15) is 5.82 Å². The summed E-state index contributed by atoms with van der Waals surface area (Å²) in [7, 11) is 1.68. The van der Waals surface area contributed by atoms with Crippen LogP contribution in [-0.4, -0.2) is 45.9 Å². The van der Waals surface area contributed by atoms with E-state index in [0.717, 1.165) is 65.1 Å². The number of fused-ring (bicyclic) bond motifs is 1. The Labute approximate surface area is 227 Å². The Balaban J connectivity index is 0.00000294. The van der Waals surface area contributed by atoms with Crippen LogP contribution in [-0.2, 0) is 13.1 Å². The molecule has 6 rings (SSSR count). The van der Waals surface area contributed by atoms with Gasteiger partial charge in [0, 0.05) is 49.5 Å². The van der Waals surface area contributed by atoms with Gasteiger partial charge in [0.15, 0.2) is 11.6 Å². The molecular weight excluding hydrogens is 502 g/mol. The van der Waals surface area contributed by atoms with Gasteiger partial charge >= 0.3 is 0 Å². The van der Waals surface area contributed by atoms with Crippen LogP contribution in [0.1, 0.15) is 58.8 Å². The topological polar surface area (TPSA) is 111 Å². The molecule has 0 atom stereocenters. The second-order valence-electron chi connectivity index (χ2n) is 9.90. The third kappa shape index (κ3) is 5.24. The molecule has 4 aromatic rings. The lowest BCUT2D eigenvalue weighted by atomic mass is 10.1. The molecule has 1 aliphatic carbocycles. The predicted molar refractivity (Wildman–Crippen MR) is 150 cm³/mol. The summed E-state index contributed by atoms with van der Waals surface area (Å²) >= 11 is 0.